The van der Waals surface area contributed by atoms with Gasteiger partial charge >= 0.3 is 0 Å². The van der Waals surface area contributed by atoms with E-state index in [1.54, 1.807) is 6.92 Å². The van der Waals surface area contributed by atoms with Gasteiger partial charge in [-0.25, -0.2) is 0 Å². The van der Waals surface area contributed by atoms with Gasteiger partial charge in [0.05, 0.1) is 4.47 Å². The van der Waals surface area contributed by atoms with E-state index < -0.39 is 5.60 Å². The number of halogens is 2. The molecule has 1 unspecified atom stereocenters. The van der Waals surface area contributed by atoms with Gasteiger partial charge in [0.25, 0.3) is 0 Å². The lowest BCUT2D eigenvalue weighted by molar-refractivity contribution is 0.0122. The lowest BCUT2D eigenvalue weighted by atomic mass is 10.1. The number of nitrogens with one attached hydrogen (secondary N) is 1. The Bertz CT molecular complexity index is 383. The summed E-state index contributed by atoms with van der Waals surface area (Å²) in [5, 5.41) is 13.3. The first-order chi connectivity index (χ1) is 8.44. The largest absolute Gasteiger partial charge is 0.489 e. The Morgan fingerprint density at radius 2 is 2.11 bits per heavy atom. The standard InChI is InChI=1S/C13H19Br2NO2/c1-3-6-16-8-13(2,17)9-18-12-5-4-10(14)7-11(12)15/h4-5,7,16-17H,3,6,8-9H2,1-2H3. The number of hydrogen-bond donors (Lipinski definition) is 2. The van der Waals surface area contributed by atoms with Crippen LogP contribution >= 0.6 is 31.9 Å². The minimum atomic E-state index is -0.873. The first-order valence-corrected chi connectivity index (χ1v) is 7.54. The van der Waals surface area contributed by atoms with E-state index in [1.165, 1.54) is 0 Å². The molecule has 0 saturated carbocycles. The first kappa shape index (κ1) is 16.0. The number of ether oxygens (including phenoxy) is 1. The molecule has 0 spiro atoms. The van der Waals surface area contributed by atoms with Gasteiger partial charge in [-0.15, -0.1) is 0 Å². The van der Waals surface area contributed by atoms with Gasteiger partial charge in [0.2, 0.25) is 0 Å². The summed E-state index contributed by atoms with van der Waals surface area (Å²) in [6.45, 7) is 5.54. The van der Waals surface area contributed by atoms with Crippen molar-refractivity contribution < 1.29 is 9.84 Å². The van der Waals surface area contributed by atoms with Crippen molar-refractivity contribution in [2.75, 3.05) is 19.7 Å². The van der Waals surface area contributed by atoms with Gasteiger partial charge in [-0.2, -0.15) is 0 Å². The third kappa shape index (κ3) is 5.69. The molecule has 0 saturated heterocycles. The fourth-order valence-electron chi connectivity index (χ4n) is 1.41. The molecular weight excluding hydrogens is 362 g/mol. The van der Waals surface area contributed by atoms with Gasteiger partial charge in [-0.3, -0.25) is 0 Å². The third-order valence-electron chi connectivity index (χ3n) is 2.37. The molecule has 1 atom stereocenters. The monoisotopic (exact) mass is 379 g/mol. The van der Waals surface area contributed by atoms with Crippen molar-refractivity contribution in [3.05, 3.63) is 27.1 Å². The second-order valence-corrected chi connectivity index (χ2v) is 6.31. The number of benzene rings is 1. The second-order valence-electron chi connectivity index (χ2n) is 4.54. The van der Waals surface area contributed by atoms with Crippen molar-refractivity contribution in [1.82, 2.24) is 5.32 Å². The van der Waals surface area contributed by atoms with Crippen LogP contribution in [0.2, 0.25) is 0 Å². The summed E-state index contributed by atoms with van der Waals surface area (Å²) in [6.07, 6.45) is 1.05. The zero-order valence-electron chi connectivity index (χ0n) is 10.7. The molecule has 0 aliphatic heterocycles. The Kier molecular flexibility index (Phi) is 6.63. The molecule has 1 rings (SSSR count). The van der Waals surface area contributed by atoms with Crippen LogP contribution < -0.4 is 10.1 Å². The van der Waals surface area contributed by atoms with Gasteiger partial charge in [0.15, 0.2) is 0 Å². The van der Waals surface area contributed by atoms with Crippen LogP contribution in [0.5, 0.6) is 5.75 Å². The zero-order valence-corrected chi connectivity index (χ0v) is 13.8. The Morgan fingerprint density at radius 1 is 1.39 bits per heavy atom. The highest BCUT2D eigenvalue weighted by Gasteiger charge is 2.21. The van der Waals surface area contributed by atoms with Crippen LogP contribution in [0.15, 0.2) is 27.1 Å². The molecule has 1 aromatic rings. The summed E-state index contributed by atoms with van der Waals surface area (Å²) >= 11 is 6.81. The van der Waals surface area contributed by atoms with Crippen molar-refractivity contribution >= 4 is 31.9 Å². The maximum atomic E-state index is 10.1. The predicted octanol–water partition coefficient (Wildman–Crippen LogP) is 3.34. The van der Waals surface area contributed by atoms with Gasteiger partial charge in [-0.05, 0) is 54.0 Å². The predicted molar refractivity (Wildman–Crippen MR) is 81.1 cm³/mol. The summed E-state index contributed by atoms with van der Waals surface area (Å²) in [7, 11) is 0. The average Bonchev–Trinajstić information content (AvgIpc) is 2.28. The smallest absolute Gasteiger partial charge is 0.133 e. The molecule has 18 heavy (non-hydrogen) atoms. The van der Waals surface area contributed by atoms with Gasteiger partial charge in [0.1, 0.15) is 18.0 Å². The summed E-state index contributed by atoms with van der Waals surface area (Å²) in [4.78, 5) is 0. The van der Waals surface area contributed by atoms with Gasteiger partial charge in [-0.1, -0.05) is 22.9 Å². The van der Waals surface area contributed by atoms with Crippen LogP contribution in [-0.2, 0) is 0 Å². The van der Waals surface area contributed by atoms with Crippen molar-refractivity contribution in [3.8, 4) is 5.75 Å². The molecule has 0 heterocycles. The van der Waals surface area contributed by atoms with E-state index in [4.69, 9.17) is 4.74 Å². The molecule has 0 fully saturated rings. The minimum absolute atomic E-state index is 0.254. The molecular formula is C13H19Br2NO2. The fraction of sp³-hybridized carbons (Fsp3) is 0.538. The molecule has 0 amide bonds. The zero-order chi connectivity index (χ0) is 13.6. The van der Waals surface area contributed by atoms with Crippen LogP contribution in [0.3, 0.4) is 0 Å². The lowest BCUT2D eigenvalue weighted by Crippen LogP contribution is -2.43. The Balaban J connectivity index is 2.48. The van der Waals surface area contributed by atoms with E-state index in [1.807, 2.05) is 18.2 Å². The van der Waals surface area contributed by atoms with E-state index in [0.717, 1.165) is 27.7 Å². The Hall–Kier alpha value is -0.100. The molecule has 5 heteroatoms. The van der Waals surface area contributed by atoms with Crippen molar-refractivity contribution in [2.24, 2.45) is 0 Å². The Labute approximate surface area is 125 Å². The van der Waals surface area contributed by atoms with E-state index in [0.29, 0.717) is 6.54 Å². The van der Waals surface area contributed by atoms with Crippen LogP contribution in [0.1, 0.15) is 20.3 Å². The molecule has 0 aromatic heterocycles. The van der Waals surface area contributed by atoms with Crippen LogP contribution in [0, 0.1) is 0 Å². The summed E-state index contributed by atoms with van der Waals surface area (Å²) in [6, 6.07) is 5.69. The maximum Gasteiger partial charge on any atom is 0.133 e. The first-order valence-electron chi connectivity index (χ1n) is 5.95. The molecule has 0 bridgehead atoms. The molecule has 0 aliphatic rings. The van der Waals surface area contributed by atoms with Crippen LogP contribution in [0.4, 0.5) is 0 Å². The normalized spacial score (nSPS) is 14.3. The van der Waals surface area contributed by atoms with E-state index in [2.05, 4.69) is 44.1 Å². The quantitative estimate of drug-likeness (QED) is 0.713. The van der Waals surface area contributed by atoms with Gasteiger partial charge in [0, 0.05) is 11.0 Å². The van der Waals surface area contributed by atoms with Crippen molar-refractivity contribution in [1.29, 1.82) is 0 Å². The van der Waals surface area contributed by atoms with Crippen molar-refractivity contribution in [3.63, 3.8) is 0 Å². The maximum absolute atomic E-state index is 10.1. The number of aliphatic hydroxyl groups is 1. The number of hydrogen-bond acceptors (Lipinski definition) is 3. The highest BCUT2D eigenvalue weighted by Crippen LogP contribution is 2.28. The summed E-state index contributed by atoms with van der Waals surface area (Å²) < 4.78 is 7.48. The molecule has 2 N–H and O–H groups in total. The van der Waals surface area contributed by atoms with Crippen molar-refractivity contribution in [2.45, 2.75) is 25.9 Å². The fourth-order valence-corrected chi connectivity index (χ4v) is 2.57. The summed E-state index contributed by atoms with van der Waals surface area (Å²) in [5.41, 5.74) is -0.873. The molecule has 0 radical (unpaired) electrons. The molecule has 102 valence electrons. The van der Waals surface area contributed by atoms with Crippen LogP contribution in [0.25, 0.3) is 0 Å². The highest BCUT2D eigenvalue weighted by atomic mass is 79.9. The highest BCUT2D eigenvalue weighted by molar-refractivity contribution is 9.11. The van der Waals surface area contributed by atoms with Gasteiger partial charge < -0.3 is 15.2 Å². The Morgan fingerprint density at radius 3 is 2.72 bits per heavy atom. The second kappa shape index (κ2) is 7.48. The topological polar surface area (TPSA) is 41.5 Å². The number of rotatable bonds is 7. The third-order valence-corrected chi connectivity index (χ3v) is 3.48. The lowest BCUT2D eigenvalue weighted by Gasteiger charge is -2.24. The SMILES string of the molecule is CCCNCC(C)(O)COc1ccc(Br)cc1Br. The van der Waals surface area contributed by atoms with E-state index >= 15 is 0 Å². The van der Waals surface area contributed by atoms with E-state index in [-0.39, 0.29) is 6.61 Å². The molecule has 3 nitrogen and oxygen atoms in total. The summed E-state index contributed by atoms with van der Waals surface area (Å²) in [5.74, 6) is 0.731. The average molecular weight is 381 g/mol. The molecule has 0 aliphatic carbocycles. The van der Waals surface area contributed by atoms with E-state index in [9.17, 15) is 5.11 Å². The molecule has 1 aromatic carbocycles. The van der Waals surface area contributed by atoms with Crippen LogP contribution in [-0.4, -0.2) is 30.4 Å². The minimum Gasteiger partial charge on any atom is -0.489 e.